The van der Waals surface area contributed by atoms with Gasteiger partial charge >= 0.3 is 6.18 Å². The van der Waals surface area contributed by atoms with Crippen LogP contribution in [0.25, 0.3) is 0 Å². The van der Waals surface area contributed by atoms with Gasteiger partial charge in [0.1, 0.15) is 5.82 Å². The molecule has 0 aliphatic rings. The first-order valence-electron chi connectivity index (χ1n) is 5.92. The largest absolute Gasteiger partial charge is 0.419 e. The Bertz CT molecular complexity index is 680. The zero-order valence-corrected chi connectivity index (χ0v) is 11.3. The van der Waals surface area contributed by atoms with Gasteiger partial charge in [0.05, 0.1) is 5.56 Å². The maximum Gasteiger partial charge on any atom is 0.419 e. The van der Waals surface area contributed by atoms with E-state index in [1.54, 1.807) is 24.3 Å². The number of rotatable bonds is 3. The molecule has 0 atom stereocenters. The van der Waals surface area contributed by atoms with Gasteiger partial charge in [0.15, 0.2) is 5.78 Å². The van der Waals surface area contributed by atoms with Gasteiger partial charge in [0.2, 0.25) is 0 Å². The maximum absolute atomic E-state index is 13.4. The summed E-state index contributed by atoms with van der Waals surface area (Å²) in [6, 6.07) is 8.66. The molecule has 0 bridgehead atoms. The second-order valence-corrected chi connectivity index (χ2v) is 4.86. The minimum absolute atomic E-state index is 0.0641. The van der Waals surface area contributed by atoms with Crippen molar-refractivity contribution >= 4 is 17.4 Å². The Labute approximate surface area is 123 Å². The van der Waals surface area contributed by atoms with E-state index in [2.05, 4.69) is 0 Å². The van der Waals surface area contributed by atoms with Crippen LogP contribution in [0.2, 0.25) is 5.02 Å². The molecule has 0 aromatic heterocycles. The van der Waals surface area contributed by atoms with E-state index < -0.39 is 23.3 Å². The Hall–Kier alpha value is -1.88. The summed E-state index contributed by atoms with van der Waals surface area (Å²) in [5, 5.41) is 0.443. The molecule has 0 aliphatic carbocycles. The van der Waals surface area contributed by atoms with Gasteiger partial charge in [-0.1, -0.05) is 29.8 Å². The van der Waals surface area contributed by atoms with E-state index in [1.807, 2.05) is 0 Å². The highest BCUT2D eigenvalue weighted by Gasteiger charge is 2.34. The molecule has 0 spiro atoms. The Kier molecular flexibility index (Phi) is 4.32. The fourth-order valence-corrected chi connectivity index (χ4v) is 2.07. The SMILES string of the molecule is O=C(Cc1cccc(Cl)c1)c1ccc(C(F)(F)F)c(F)c1. The molecule has 110 valence electrons. The Morgan fingerprint density at radius 2 is 1.81 bits per heavy atom. The zero-order valence-electron chi connectivity index (χ0n) is 10.5. The van der Waals surface area contributed by atoms with Gasteiger partial charge in [-0.3, -0.25) is 4.79 Å². The number of Topliss-reactive ketones (excluding diaryl/α,β-unsaturated/α-hetero) is 1. The molecule has 0 radical (unpaired) electrons. The van der Waals surface area contributed by atoms with Gasteiger partial charge in [0, 0.05) is 17.0 Å². The van der Waals surface area contributed by atoms with Gasteiger partial charge in [-0.15, -0.1) is 0 Å². The zero-order chi connectivity index (χ0) is 15.6. The molecule has 21 heavy (non-hydrogen) atoms. The molecular formula is C15H9ClF4O. The lowest BCUT2D eigenvalue weighted by molar-refractivity contribution is -0.140. The molecule has 2 aromatic rings. The molecule has 0 amide bonds. The van der Waals surface area contributed by atoms with Crippen LogP contribution in [-0.2, 0) is 12.6 Å². The van der Waals surface area contributed by atoms with Crippen molar-refractivity contribution in [3.63, 3.8) is 0 Å². The number of ketones is 1. The summed E-state index contributed by atoms with van der Waals surface area (Å²) in [7, 11) is 0. The van der Waals surface area contributed by atoms with Crippen molar-refractivity contribution in [3.05, 3.63) is 70.0 Å². The lowest BCUT2D eigenvalue weighted by atomic mass is 10.0. The smallest absolute Gasteiger partial charge is 0.294 e. The number of halogens is 5. The molecule has 0 N–H and O–H groups in total. The summed E-state index contributed by atoms with van der Waals surface area (Å²) in [5.74, 6) is -1.94. The van der Waals surface area contributed by atoms with Crippen LogP contribution in [0.4, 0.5) is 17.6 Å². The fourth-order valence-electron chi connectivity index (χ4n) is 1.85. The second-order valence-electron chi connectivity index (χ2n) is 4.42. The van der Waals surface area contributed by atoms with Crippen LogP contribution in [-0.4, -0.2) is 5.78 Å². The molecule has 0 unspecified atom stereocenters. The summed E-state index contributed by atoms with van der Waals surface area (Å²) >= 11 is 5.77. The average Bonchev–Trinajstić information content (AvgIpc) is 2.37. The minimum Gasteiger partial charge on any atom is -0.294 e. The number of carbonyl (C=O) groups is 1. The van der Waals surface area contributed by atoms with Crippen LogP contribution in [0.15, 0.2) is 42.5 Å². The van der Waals surface area contributed by atoms with Crippen LogP contribution in [0.1, 0.15) is 21.5 Å². The minimum atomic E-state index is -4.78. The van der Waals surface area contributed by atoms with Crippen molar-refractivity contribution in [1.82, 2.24) is 0 Å². The van der Waals surface area contributed by atoms with E-state index in [-0.39, 0.29) is 12.0 Å². The summed E-state index contributed by atoms with van der Waals surface area (Å²) < 4.78 is 50.7. The van der Waals surface area contributed by atoms with Crippen LogP contribution in [0.5, 0.6) is 0 Å². The molecule has 0 aliphatic heterocycles. The lowest BCUT2D eigenvalue weighted by Gasteiger charge is -2.09. The van der Waals surface area contributed by atoms with Gasteiger partial charge in [-0.05, 0) is 29.8 Å². The number of hydrogen-bond donors (Lipinski definition) is 0. The standard InChI is InChI=1S/C15H9ClF4O/c16-11-3-1-2-9(6-11)7-14(21)10-4-5-12(13(17)8-10)15(18,19)20/h1-6,8H,7H2. The molecule has 2 aromatic carbocycles. The highest BCUT2D eigenvalue weighted by atomic mass is 35.5. The quantitative estimate of drug-likeness (QED) is 0.580. The molecular weight excluding hydrogens is 308 g/mol. The predicted octanol–water partition coefficient (Wildman–Crippen LogP) is 4.92. The molecule has 0 saturated carbocycles. The Morgan fingerprint density at radius 1 is 1.10 bits per heavy atom. The van der Waals surface area contributed by atoms with Gasteiger partial charge in [0.25, 0.3) is 0 Å². The van der Waals surface area contributed by atoms with Crippen molar-refractivity contribution in [3.8, 4) is 0 Å². The van der Waals surface area contributed by atoms with E-state index in [4.69, 9.17) is 11.6 Å². The molecule has 6 heteroatoms. The lowest BCUT2D eigenvalue weighted by Crippen LogP contribution is -2.10. The molecule has 1 nitrogen and oxygen atoms in total. The van der Waals surface area contributed by atoms with E-state index in [1.165, 1.54) is 0 Å². The maximum atomic E-state index is 13.4. The monoisotopic (exact) mass is 316 g/mol. The summed E-state index contributed by atoms with van der Waals surface area (Å²) in [6.07, 6.45) is -4.84. The summed E-state index contributed by atoms with van der Waals surface area (Å²) in [5.41, 5.74) is -0.893. The topological polar surface area (TPSA) is 17.1 Å². The van der Waals surface area contributed by atoms with E-state index in [0.717, 1.165) is 6.07 Å². The summed E-state index contributed by atoms with van der Waals surface area (Å²) in [4.78, 5) is 11.9. The van der Waals surface area contributed by atoms with Crippen molar-refractivity contribution < 1.29 is 22.4 Å². The Morgan fingerprint density at radius 3 is 2.38 bits per heavy atom. The number of benzene rings is 2. The van der Waals surface area contributed by atoms with Crippen LogP contribution >= 0.6 is 11.6 Å². The van der Waals surface area contributed by atoms with E-state index >= 15 is 0 Å². The third-order valence-electron chi connectivity index (χ3n) is 2.85. The molecule has 0 fully saturated rings. The highest BCUT2D eigenvalue weighted by Crippen LogP contribution is 2.31. The van der Waals surface area contributed by atoms with Crippen LogP contribution < -0.4 is 0 Å². The van der Waals surface area contributed by atoms with Crippen LogP contribution in [0, 0.1) is 5.82 Å². The van der Waals surface area contributed by atoms with Gasteiger partial charge in [-0.25, -0.2) is 4.39 Å². The van der Waals surface area contributed by atoms with E-state index in [9.17, 15) is 22.4 Å². The highest BCUT2D eigenvalue weighted by molar-refractivity contribution is 6.30. The third kappa shape index (κ3) is 3.82. The van der Waals surface area contributed by atoms with Gasteiger partial charge < -0.3 is 0 Å². The Balaban J connectivity index is 2.23. The average molecular weight is 317 g/mol. The first-order chi connectivity index (χ1) is 9.77. The number of alkyl halides is 3. The van der Waals surface area contributed by atoms with Gasteiger partial charge in [-0.2, -0.15) is 13.2 Å². The van der Waals surface area contributed by atoms with Crippen molar-refractivity contribution in [2.45, 2.75) is 12.6 Å². The molecule has 2 rings (SSSR count). The second kappa shape index (κ2) is 5.85. The van der Waals surface area contributed by atoms with Crippen molar-refractivity contribution in [1.29, 1.82) is 0 Å². The predicted molar refractivity (Wildman–Crippen MR) is 70.9 cm³/mol. The number of hydrogen-bond acceptors (Lipinski definition) is 1. The normalized spacial score (nSPS) is 11.5. The first-order valence-corrected chi connectivity index (χ1v) is 6.29. The number of carbonyl (C=O) groups excluding carboxylic acids is 1. The van der Waals surface area contributed by atoms with Crippen molar-refractivity contribution in [2.75, 3.05) is 0 Å². The summed E-state index contributed by atoms with van der Waals surface area (Å²) in [6.45, 7) is 0. The van der Waals surface area contributed by atoms with Crippen molar-refractivity contribution in [2.24, 2.45) is 0 Å². The van der Waals surface area contributed by atoms with E-state index in [0.29, 0.717) is 22.7 Å². The first kappa shape index (κ1) is 15.5. The molecule has 0 heterocycles. The molecule has 0 saturated heterocycles. The fraction of sp³-hybridized carbons (Fsp3) is 0.133. The third-order valence-corrected chi connectivity index (χ3v) is 3.09. The van der Waals surface area contributed by atoms with Crippen LogP contribution in [0.3, 0.4) is 0 Å².